The smallest absolute Gasteiger partial charge is 0.165 e. The SMILES string of the molecule is C[C@]12CC[C@H](O)C[C@@H]1CC[C@H]1[C@H]2CC[C@@]2(C)C(=O)/C(=C/c3ccccc3Cl)C[C@H]12. The monoisotopic (exact) mass is 412 g/mol. The molecule has 2 nitrogen and oxygen atoms in total. The number of Topliss-reactive ketones (excluding diaryl/α,β-unsaturated/α-hetero) is 1. The molecule has 4 saturated carbocycles. The molecule has 0 aliphatic heterocycles. The second-order valence-corrected chi connectivity index (χ2v) is 11.2. The molecule has 0 unspecified atom stereocenters. The van der Waals surface area contributed by atoms with Crippen LogP contribution in [-0.2, 0) is 4.79 Å². The summed E-state index contributed by atoms with van der Waals surface area (Å²) in [5, 5.41) is 10.9. The van der Waals surface area contributed by atoms with Crippen LogP contribution in [0, 0.1) is 34.5 Å². The lowest BCUT2D eigenvalue weighted by atomic mass is 9.45. The summed E-state index contributed by atoms with van der Waals surface area (Å²) in [4.78, 5) is 13.5. The Morgan fingerprint density at radius 3 is 2.66 bits per heavy atom. The first-order chi connectivity index (χ1) is 13.8. The van der Waals surface area contributed by atoms with Crippen LogP contribution in [0.25, 0.3) is 6.08 Å². The van der Waals surface area contributed by atoms with Crippen molar-refractivity contribution in [2.75, 3.05) is 0 Å². The lowest BCUT2D eigenvalue weighted by Crippen LogP contribution is -2.54. The summed E-state index contributed by atoms with van der Waals surface area (Å²) in [6.07, 6.45) is 10.6. The summed E-state index contributed by atoms with van der Waals surface area (Å²) in [5.41, 5.74) is 2.10. The van der Waals surface area contributed by atoms with E-state index in [1.807, 2.05) is 24.3 Å². The van der Waals surface area contributed by atoms with Gasteiger partial charge in [0.1, 0.15) is 0 Å². The van der Waals surface area contributed by atoms with Crippen molar-refractivity contribution in [2.45, 2.75) is 71.3 Å². The van der Waals surface area contributed by atoms with Gasteiger partial charge < -0.3 is 5.11 Å². The molecule has 156 valence electrons. The highest BCUT2D eigenvalue weighted by Crippen LogP contribution is 2.66. The molecule has 1 N–H and O–H groups in total. The van der Waals surface area contributed by atoms with Crippen LogP contribution in [0.5, 0.6) is 0 Å². The number of carbonyl (C=O) groups excluding carboxylic acids is 1. The Hall–Kier alpha value is -1.12. The van der Waals surface area contributed by atoms with Gasteiger partial charge in [-0.05, 0) is 104 Å². The van der Waals surface area contributed by atoms with Gasteiger partial charge in [-0.25, -0.2) is 0 Å². The van der Waals surface area contributed by atoms with E-state index in [0.29, 0.717) is 34.9 Å². The molecule has 0 radical (unpaired) electrons. The normalized spacial score (nSPS) is 45.6. The fourth-order valence-electron chi connectivity index (χ4n) is 7.81. The second-order valence-electron chi connectivity index (χ2n) is 10.8. The van der Waals surface area contributed by atoms with Crippen LogP contribution in [0.15, 0.2) is 29.8 Å². The molecule has 0 aromatic heterocycles. The number of allylic oxidation sites excluding steroid dienone is 1. The molecular weight excluding hydrogens is 380 g/mol. The average molecular weight is 413 g/mol. The van der Waals surface area contributed by atoms with E-state index >= 15 is 0 Å². The topological polar surface area (TPSA) is 37.3 Å². The molecule has 0 heterocycles. The van der Waals surface area contributed by atoms with Crippen molar-refractivity contribution < 1.29 is 9.90 Å². The third-order valence-electron chi connectivity index (χ3n) is 9.51. The summed E-state index contributed by atoms with van der Waals surface area (Å²) >= 11 is 6.38. The quantitative estimate of drug-likeness (QED) is 0.549. The minimum absolute atomic E-state index is 0.100. The standard InChI is InChI=1S/C26H33ClO2/c1-25-11-9-19(28)15-18(25)7-8-20-21(25)10-12-26(2)22(20)14-17(24(26)29)13-16-5-3-4-6-23(16)27/h3-6,13,18-22,28H,7-12,14-15H2,1-2H3/b17-13+/t18-,19-,20-,21+,22+,25-,26+/m0/s1. The fourth-order valence-corrected chi connectivity index (χ4v) is 8.01. The molecule has 0 amide bonds. The van der Waals surface area contributed by atoms with Crippen LogP contribution in [0.3, 0.4) is 0 Å². The van der Waals surface area contributed by atoms with Crippen molar-refractivity contribution >= 4 is 23.5 Å². The third-order valence-corrected chi connectivity index (χ3v) is 9.86. The number of aliphatic hydroxyl groups excluding tert-OH is 1. The van der Waals surface area contributed by atoms with E-state index in [2.05, 4.69) is 19.9 Å². The Balaban J connectivity index is 1.46. The first-order valence-corrected chi connectivity index (χ1v) is 11.9. The number of aliphatic hydroxyl groups is 1. The zero-order valence-electron chi connectivity index (χ0n) is 17.7. The third kappa shape index (κ3) is 2.97. The first kappa shape index (κ1) is 19.8. The van der Waals surface area contributed by atoms with Crippen LogP contribution >= 0.6 is 11.6 Å². The number of halogens is 1. The summed E-state index contributed by atoms with van der Waals surface area (Å²) in [7, 11) is 0. The van der Waals surface area contributed by atoms with Gasteiger partial charge >= 0.3 is 0 Å². The lowest BCUT2D eigenvalue weighted by Gasteiger charge is -2.59. The Bertz CT molecular complexity index is 860. The number of ketones is 1. The number of rotatable bonds is 1. The number of fused-ring (bicyclic) bond motifs is 5. The minimum Gasteiger partial charge on any atom is -0.393 e. The summed E-state index contributed by atoms with van der Waals surface area (Å²) < 4.78 is 0. The molecule has 4 aliphatic rings. The molecule has 4 fully saturated rings. The highest BCUT2D eigenvalue weighted by atomic mass is 35.5. The van der Waals surface area contributed by atoms with Gasteiger partial charge in [0, 0.05) is 10.4 Å². The molecule has 3 heteroatoms. The number of benzene rings is 1. The van der Waals surface area contributed by atoms with Gasteiger partial charge in [-0.15, -0.1) is 0 Å². The van der Waals surface area contributed by atoms with Crippen molar-refractivity contribution in [3.63, 3.8) is 0 Å². The lowest BCUT2D eigenvalue weighted by molar-refractivity contribution is -0.141. The Morgan fingerprint density at radius 2 is 1.86 bits per heavy atom. The Labute approximate surface area is 179 Å². The largest absolute Gasteiger partial charge is 0.393 e. The summed E-state index contributed by atoms with van der Waals surface area (Å²) in [5.74, 6) is 2.84. The van der Waals surface area contributed by atoms with Gasteiger partial charge in [0.25, 0.3) is 0 Å². The Morgan fingerprint density at radius 1 is 1.07 bits per heavy atom. The van der Waals surface area contributed by atoms with E-state index in [9.17, 15) is 9.90 Å². The Kier molecular flexibility index (Phi) is 4.75. The van der Waals surface area contributed by atoms with Crippen molar-refractivity contribution in [3.05, 3.63) is 40.4 Å². The van der Waals surface area contributed by atoms with Crippen LogP contribution in [0.1, 0.15) is 70.8 Å². The van der Waals surface area contributed by atoms with Crippen molar-refractivity contribution in [1.29, 1.82) is 0 Å². The summed E-state index contributed by atoms with van der Waals surface area (Å²) in [6.45, 7) is 4.74. The van der Waals surface area contributed by atoms with Gasteiger partial charge in [-0.2, -0.15) is 0 Å². The van der Waals surface area contributed by atoms with Gasteiger partial charge in [-0.1, -0.05) is 43.6 Å². The highest BCUT2D eigenvalue weighted by molar-refractivity contribution is 6.32. The van der Waals surface area contributed by atoms with Crippen molar-refractivity contribution in [3.8, 4) is 0 Å². The van der Waals surface area contributed by atoms with Crippen molar-refractivity contribution in [2.24, 2.45) is 34.5 Å². The maximum Gasteiger partial charge on any atom is 0.165 e. The first-order valence-electron chi connectivity index (χ1n) is 11.5. The number of hydrogen-bond acceptors (Lipinski definition) is 2. The fraction of sp³-hybridized carbons (Fsp3) is 0.654. The van der Waals surface area contributed by atoms with Gasteiger partial charge in [0.2, 0.25) is 0 Å². The van der Waals surface area contributed by atoms with Gasteiger partial charge in [0.15, 0.2) is 5.78 Å². The van der Waals surface area contributed by atoms with E-state index < -0.39 is 0 Å². The van der Waals surface area contributed by atoms with Crippen LogP contribution in [0.4, 0.5) is 0 Å². The second kappa shape index (κ2) is 6.95. The highest BCUT2D eigenvalue weighted by Gasteiger charge is 2.61. The van der Waals surface area contributed by atoms with E-state index in [4.69, 9.17) is 11.6 Å². The van der Waals surface area contributed by atoms with E-state index in [1.54, 1.807) is 0 Å². The number of hydrogen-bond donors (Lipinski definition) is 1. The van der Waals surface area contributed by atoms with E-state index in [-0.39, 0.29) is 11.5 Å². The van der Waals surface area contributed by atoms with Crippen molar-refractivity contribution in [1.82, 2.24) is 0 Å². The maximum absolute atomic E-state index is 13.5. The molecule has 7 atom stereocenters. The van der Waals surface area contributed by atoms with Gasteiger partial charge in [-0.3, -0.25) is 4.79 Å². The molecule has 5 rings (SSSR count). The number of carbonyl (C=O) groups is 1. The van der Waals surface area contributed by atoms with Gasteiger partial charge in [0.05, 0.1) is 6.10 Å². The minimum atomic E-state index is -0.203. The van der Waals surface area contributed by atoms with Crippen LogP contribution in [-0.4, -0.2) is 17.0 Å². The molecule has 4 aliphatic carbocycles. The molecule has 0 saturated heterocycles. The predicted octanol–water partition coefficient (Wildman–Crippen LogP) is 6.31. The molecule has 1 aromatic carbocycles. The zero-order valence-corrected chi connectivity index (χ0v) is 18.4. The van der Waals surface area contributed by atoms with Crippen LogP contribution in [0.2, 0.25) is 5.02 Å². The van der Waals surface area contributed by atoms with Crippen LogP contribution < -0.4 is 0 Å². The van der Waals surface area contributed by atoms with E-state index in [0.717, 1.165) is 48.3 Å². The molecule has 29 heavy (non-hydrogen) atoms. The van der Waals surface area contributed by atoms with E-state index in [1.165, 1.54) is 19.3 Å². The zero-order chi connectivity index (χ0) is 20.4. The summed E-state index contributed by atoms with van der Waals surface area (Å²) in [6, 6.07) is 7.84. The predicted molar refractivity (Wildman–Crippen MR) is 118 cm³/mol. The molecule has 0 spiro atoms. The molecule has 0 bridgehead atoms. The molecular formula is C26H33ClO2. The molecule has 1 aromatic rings. The average Bonchev–Trinajstić information content (AvgIpc) is 2.95. The maximum atomic E-state index is 13.5.